The normalized spacial score (nSPS) is 12.8. The van der Waals surface area contributed by atoms with Crippen molar-refractivity contribution < 1.29 is 22.3 Å². The molecule has 1 aromatic heterocycles. The molecule has 2 aromatic rings. The minimum absolute atomic E-state index is 0.120. The van der Waals surface area contributed by atoms with E-state index in [1.807, 2.05) is 0 Å². The van der Waals surface area contributed by atoms with Crippen molar-refractivity contribution in [2.45, 2.75) is 17.4 Å². The summed E-state index contributed by atoms with van der Waals surface area (Å²) in [5, 5.41) is 3.13. The van der Waals surface area contributed by atoms with E-state index in [9.17, 15) is 17.6 Å². The van der Waals surface area contributed by atoms with Gasteiger partial charge >= 0.3 is 5.97 Å². The van der Waals surface area contributed by atoms with E-state index in [4.69, 9.17) is 0 Å². The third-order valence-electron chi connectivity index (χ3n) is 2.97. The van der Waals surface area contributed by atoms with Gasteiger partial charge in [0.15, 0.2) is 0 Å². The Kier molecular flexibility index (Phi) is 5.28. The van der Waals surface area contributed by atoms with Crippen LogP contribution in [0.15, 0.2) is 46.0 Å². The van der Waals surface area contributed by atoms with Crippen molar-refractivity contribution in [3.63, 3.8) is 0 Å². The van der Waals surface area contributed by atoms with Gasteiger partial charge in [0.25, 0.3) is 0 Å². The molecule has 0 radical (unpaired) electrons. The Hall–Kier alpha value is -1.77. The van der Waals surface area contributed by atoms with Gasteiger partial charge in [-0.2, -0.15) is 11.3 Å². The molecular formula is C14H14FNO4S2. The van der Waals surface area contributed by atoms with Crippen LogP contribution in [0.25, 0.3) is 0 Å². The third kappa shape index (κ3) is 4.12. The summed E-state index contributed by atoms with van der Waals surface area (Å²) >= 11 is 1.25. The molecular weight excluding hydrogens is 329 g/mol. The molecule has 0 fully saturated rings. The molecule has 0 saturated heterocycles. The Balaban J connectivity index is 2.28. The SMILES string of the molecule is COC(=O)C[C@H](NS(=O)(=O)c1ccsc1)c1ccc(F)cc1. The van der Waals surface area contributed by atoms with Crippen LogP contribution in [0.4, 0.5) is 4.39 Å². The van der Waals surface area contributed by atoms with Crippen molar-refractivity contribution in [2.75, 3.05) is 7.11 Å². The molecule has 22 heavy (non-hydrogen) atoms. The van der Waals surface area contributed by atoms with Crippen LogP contribution in [0.5, 0.6) is 0 Å². The number of carbonyl (C=O) groups excluding carboxylic acids is 1. The number of rotatable bonds is 6. The number of halogens is 1. The molecule has 0 saturated carbocycles. The van der Waals surface area contributed by atoms with E-state index < -0.39 is 27.9 Å². The highest BCUT2D eigenvalue weighted by molar-refractivity contribution is 7.89. The maximum atomic E-state index is 13.0. The van der Waals surface area contributed by atoms with Gasteiger partial charge in [-0.25, -0.2) is 17.5 Å². The first kappa shape index (κ1) is 16.6. The number of thiophene rings is 1. The largest absolute Gasteiger partial charge is 0.469 e. The van der Waals surface area contributed by atoms with Crippen molar-refractivity contribution >= 4 is 27.3 Å². The molecule has 1 aromatic carbocycles. The molecule has 0 unspecified atom stereocenters. The maximum absolute atomic E-state index is 13.0. The second-order valence-corrected chi connectivity index (χ2v) is 6.96. The van der Waals surface area contributed by atoms with Gasteiger partial charge in [0.1, 0.15) is 5.82 Å². The van der Waals surface area contributed by atoms with E-state index in [0.29, 0.717) is 5.56 Å². The summed E-state index contributed by atoms with van der Waals surface area (Å²) in [6.45, 7) is 0. The number of nitrogens with one attached hydrogen (secondary N) is 1. The lowest BCUT2D eigenvalue weighted by Crippen LogP contribution is -2.30. The smallest absolute Gasteiger partial charge is 0.307 e. The van der Waals surface area contributed by atoms with Gasteiger partial charge in [0, 0.05) is 5.38 Å². The van der Waals surface area contributed by atoms with E-state index in [1.54, 1.807) is 5.38 Å². The van der Waals surface area contributed by atoms with Crippen LogP contribution < -0.4 is 4.72 Å². The summed E-state index contributed by atoms with van der Waals surface area (Å²) in [5.74, 6) is -1.01. The maximum Gasteiger partial charge on any atom is 0.307 e. The summed E-state index contributed by atoms with van der Waals surface area (Å²) in [7, 11) is -2.55. The highest BCUT2D eigenvalue weighted by atomic mass is 32.2. The van der Waals surface area contributed by atoms with Crippen LogP contribution in [0, 0.1) is 5.82 Å². The Morgan fingerprint density at radius 3 is 2.55 bits per heavy atom. The molecule has 2 rings (SSSR count). The summed E-state index contributed by atoms with van der Waals surface area (Å²) in [6, 6.07) is 5.90. The Bertz CT molecular complexity index is 727. The van der Waals surface area contributed by atoms with Crippen LogP contribution >= 0.6 is 11.3 Å². The minimum atomic E-state index is -3.77. The number of hydrogen-bond acceptors (Lipinski definition) is 5. The van der Waals surface area contributed by atoms with Gasteiger partial charge in [-0.05, 0) is 29.1 Å². The number of hydrogen-bond donors (Lipinski definition) is 1. The number of ether oxygens (including phenoxy) is 1. The highest BCUT2D eigenvalue weighted by Crippen LogP contribution is 2.22. The molecule has 0 amide bonds. The van der Waals surface area contributed by atoms with Crippen molar-refractivity contribution in [2.24, 2.45) is 0 Å². The first-order valence-electron chi connectivity index (χ1n) is 6.29. The van der Waals surface area contributed by atoms with Gasteiger partial charge in [-0.1, -0.05) is 12.1 Å². The number of methoxy groups -OCH3 is 1. The minimum Gasteiger partial charge on any atom is -0.469 e. The summed E-state index contributed by atoms with van der Waals surface area (Å²) < 4.78 is 44.6. The molecule has 0 aliphatic heterocycles. The second-order valence-electron chi connectivity index (χ2n) is 4.46. The van der Waals surface area contributed by atoms with Crippen molar-refractivity contribution in [3.05, 3.63) is 52.5 Å². The van der Waals surface area contributed by atoms with E-state index in [2.05, 4.69) is 9.46 Å². The number of esters is 1. The number of sulfonamides is 1. The lowest BCUT2D eigenvalue weighted by molar-refractivity contribution is -0.141. The van der Waals surface area contributed by atoms with Gasteiger partial charge < -0.3 is 4.74 Å². The average molecular weight is 343 g/mol. The fourth-order valence-corrected chi connectivity index (χ4v) is 4.09. The molecule has 118 valence electrons. The van der Waals surface area contributed by atoms with Crippen molar-refractivity contribution in [3.8, 4) is 0 Å². The molecule has 1 N–H and O–H groups in total. The van der Waals surface area contributed by atoms with Crippen LogP contribution in [0.2, 0.25) is 0 Å². The zero-order chi connectivity index (χ0) is 16.2. The van der Waals surface area contributed by atoms with Crippen molar-refractivity contribution in [1.82, 2.24) is 4.72 Å². The molecule has 0 aliphatic rings. The van der Waals surface area contributed by atoms with Crippen LogP contribution in [-0.4, -0.2) is 21.5 Å². The zero-order valence-electron chi connectivity index (χ0n) is 11.7. The van der Waals surface area contributed by atoms with Gasteiger partial charge in [-0.15, -0.1) is 0 Å². The molecule has 1 heterocycles. The molecule has 1 atom stereocenters. The zero-order valence-corrected chi connectivity index (χ0v) is 13.3. The highest BCUT2D eigenvalue weighted by Gasteiger charge is 2.24. The molecule has 0 aliphatic carbocycles. The Morgan fingerprint density at radius 2 is 2.00 bits per heavy atom. The van der Waals surface area contributed by atoms with Crippen LogP contribution in [0.1, 0.15) is 18.0 Å². The van der Waals surface area contributed by atoms with Gasteiger partial charge in [0.2, 0.25) is 10.0 Å². The summed E-state index contributed by atoms with van der Waals surface area (Å²) in [4.78, 5) is 11.6. The standard InChI is InChI=1S/C14H14FNO4S2/c1-20-14(17)8-13(10-2-4-11(15)5-3-10)16-22(18,19)12-6-7-21-9-12/h2-7,9,13,16H,8H2,1H3/t13-/m0/s1. The lowest BCUT2D eigenvalue weighted by atomic mass is 10.1. The van der Waals surface area contributed by atoms with Gasteiger partial charge in [0.05, 0.1) is 24.5 Å². The van der Waals surface area contributed by atoms with Crippen molar-refractivity contribution in [1.29, 1.82) is 0 Å². The predicted molar refractivity (Wildman–Crippen MR) is 80.4 cm³/mol. The van der Waals surface area contributed by atoms with Crippen LogP contribution in [-0.2, 0) is 19.6 Å². The molecule has 0 bridgehead atoms. The first-order chi connectivity index (χ1) is 10.4. The predicted octanol–water partition coefficient (Wildman–Crippen LogP) is 2.47. The molecule has 0 spiro atoms. The quantitative estimate of drug-likeness (QED) is 0.818. The Labute approximate surface area is 131 Å². The topological polar surface area (TPSA) is 72.5 Å². The van der Waals surface area contributed by atoms with E-state index in [-0.39, 0.29) is 11.3 Å². The second kappa shape index (κ2) is 6.99. The fourth-order valence-electron chi connectivity index (χ4n) is 1.83. The monoisotopic (exact) mass is 343 g/mol. The summed E-state index contributed by atoms with van der Waals surface area (Å²) in [6.07, 6.45) is -0.189. The number of benzene rings is 1. The summed E-state index contributed by atoms with van der Waals surface area (Å²) in [5.41, 5.74) is 0.477. The van der Waals surface area contributed by atoms with Gasteiger partial charge in [-0.3, -0.25) is 4.79 Å². The Morgan fingerprint density at radius 1 is 1.32 bits per heavy atom. The van der Waals surface area contributed by atoms with E-state index >= 15 is 0 Å². The average Bonchev–Trinajstić information content (AvgIpc) is 3.02. The van der Waals surface area contributed by atoms with E-state index in [1.165, 1.54) is 54.2 Å². The lowest BCUT2D eigenvalue weighted by Gasteiger charge is -2.18. The third-order valence-corrected chi connectivity index (χ3v) is 5.28. The molecule has 8 heteroatoms. The fraction of sp³-hybridized carbons (Fsp3) is 0.214. The van der Waals surface area contributed by atoms with Crippen LogP contribution in [0.3, 0.4) is 0 Å². The van der Waals surface area contributed by atoms with E-state index in [0.717, 1.165) is 0 Å². The molecule has 5 nitrogen and oxygen atoms in total. The first-order valence-corrected chi connectivity index (χ1v) is 8.72. The number of carbonyl (C=O) groups is 1.